The first kappa shape index (κ1) is 21.1. The first-order valence-electron chi connectivity index (χ1n) is 8.95. The number of rotatable bonds is 6. The Labute approximate surface area is 179 Å². The second-order valence-electron chi connectivity index (χ2n) is 6.45. The average Bonchev–Trinajstić information content (AvgIpc) is 2.69. The molecule has 0 amide bonds. The lowest BCUT2D eigenvalue weighted by atomic mass is 10.1. The summed E-state index contributed by atoms with van der Waals surface area (Å²) in [4.78, 5) is 1.46. The van der Waals surface area contributed by atoms with Crippen molar-refractivity contribution in [2.24, 2.45) is 0 Å². The number of anilines is 1. The molecule has 2 aromatic carbocycles. The van der Waals surface area contributed by atoms with E-state index in [-0.39, 0.29) is 6.10 Å². The van der Waals surface area contributed by atoms with Gasteiger partial charge in [-0.05, 0) is 32.0 Å². The van der Waals surface area contributed by atoms with Gasteiger partial charge in [-0.2, -0.15) is 0 Å². The minimum Gasteiger partial charge on any atom is -0.491 e. The van der Waals surface area contributed by atoms with Gasteiger partial charge in [0.1, 0.15) is 10.7 Å². The van der Waals surface area contributed by atoms with E-state index in [1.165, 1.54) is 0 Å². The van der Waals surface area contributed by atoms with Gasteiger partial charge in [-0.3, -0.25) is 0 Å². The molecule has 1 heterocycles. The van der Waals surface area contributed by atoms with Crippen LogP contribution in [-0.4, -0.2) is 28.6 Å². The van der Waals surface area contributed by atoms with E-state index in [0.29, 0.717) is 22.2 Å². The van der Waals surface area contributed by atoms with Gasteiger partial charge in [0.2, 0.25) is 0 Å². The van der Waals surface area contributed by atoms with Gasteiger partial charge in [0, 0.05) is 27.6 Å². The van der Waals surface area contributed by atoms with Crippen molar-refractivity contribution in [1.29, 1.82) is 0 Å². The van der Waals surface area contributed by atoms with Gasteiger partial charge >= 0.3 is 0 Å². The van der Waals surface area contributed by atoms with Crippen molar-refractivity contribution in [1.82, 2.24) is 0 Å². The van der Waals surface area contributed by atoms with Gasteiger partial charge < -0.3 is 19.9 Å². The van der Waals surface area contributed by atoms with E-state index >= 15 is 0 Å². The van der Waals surface area contributed by atoms with Gasteiger partial charge in [0.05, 0.1) is 17.6 Å². The summed E-state index contributed by atoms with van der Waals surface area (Å²) in [7, 11) is 0. The summed E-state index contributed by atoms with van der Waals surface area (Å²) in [5.74, 6) is 1.62. The molecule has 0 aromatic heterocycles. The Morgan fingerprint density at radius 1 is 1.25 bits per heavy atom. The van der Waals surface area contributed by atoms with Crippen molar-refractivity contribution < 1.29 is 14.6 Å². The summed E-state index contributed by atoms with van der Waals surface area (Å²) in [5, 5.41) is 13.9. The first-order chi connectivity index (χ1) is 13.5. The molecular formula is C21H22ClNO3S2. The Morgan fingerprint density at radius 3 is 2.71 bits per heavy atom. The molecule has 1 unspecified atom stereocenters. The molecule has 3 rings (SSSR count). The smallest absolute Gasteiger partial charge is 0.182 e. The quantitative estimate of drug-likeness (QED) is 0.453. The zero-order chi connectivity index (χ0) is 20.1. The first-order valence-corrected chi connectivity index (χ1v) is 10.7. The molecule has 0 spiro atoms. The highest BCUT2D eigenvalue weighted by molar-refractivity contribution is 8.05. The number of nitrogens with one attached hydrogen (secondary N) is 1. The summed E-state index contributed by atoms with van der Waals surface area (Å²) in [6.07, 6.45) is -1.23. The number of hydrogen-bond donors (Lipinski definition) is 2. The normalized spacial score (nSPS) is 15.3. The summed E-state index contributed by atoms with van der Waals surface area (Å²) in [6, 6.07) is 15.2. The average molecular weight is 436 g/mol. The second-order valence-corrected chi connectivity index (χ2v) is 8.37. The number of aliphatic hydroxyl groups is 1. The predicted molar refractivity (Wildman–Crippen MR) is 121 cm³/mol. The van der Waals surface area contributed by atoms with Crippen molar-refractivity contribution in [3.05, 3.63) is 69.6 Å². The molecule has 4 nitrogen and oxygen atoms in total. The monoisotopic (exact) mass is 435 g/mol. The van der Waals surface area contributed by atoms with Crippen LogP contribution in [0, 0.1) is 0 Å². The summed E-state index contributed by atoms with van der Waals surface area (Å²) < 4.78 is 11.4. The molecule has 7 heteroatoms. The molecule has 148 valence electrons. The molecule has 0 radical (unpaired) electrons. The molecule has 0 saturated carbocycles. The summed E-state index contributed by atoms with van der Waals surface area (Å²) >= 11 is 13.5. The van der Waals surface area contributed by atoms with Gasteiger partial charge in [0.25, 0.3) is 0 Å². The third-order valence-electron chi connectivity index (χ3n) is 3.95. The number of thiocarbonyl (C=S) groups is 1. The van der Waals surface area contributed by atoms with E-state index in [1.54, 1.807) is 23.9 Å². The fourth-order valence-electron chi connectivity index (χ4n) is 2.72. The molecule has 1 aliphatic heterocycles. The Hall–Kier alpha value is -1.57. The fraction of sp³-hybridized carbons (Fsp3) is 0.286. The Morgan fingerprint density at radius 2 is 2.00 bits per heavy atom. The summed E-state index contributed by atoms with van der Waals surface area (Å²) in [6.45, 7) is 4.35. The van der Waals surface area contributed by atoms with E-state index in [4.69, 9.17) is 33.3 Å². The molecule has 2 aromatic rings. The highest BCUT2D eigenvalue weighted by Gasteiger charge is 2.21. The number of benzene rings is 2. The zero-order valence-electron chi connectivity index (χ0n) is 15.6. The van der Waals surface area contributed by atoms with Crippen LogP contribution in [0.1, 0.15) is 31.3 Å². The van der Waals surface area contributed by atoms with Crippen LogP contribution in [0.4, 0.5) is 5.69 Å². The number of hydrogen-bond acceptors (Lipinski definition) is 5. The Bertz CT molecular complexity index is 871. The summed E-state index contributed by atoms with van der Waals surface area (Å²) in [5.41, 5.74) is 2.21. The molecule has 28 heavy (non-hydrogen) atoms. The zero-order valence-corrected chi connectivity index (χ0v) is 18.0. The minimum absolute atomic E-state index is 0.127. The largest absolute Gasteiger partial charge is 0.491 e. The molecule has 0 fully saturated rings. The lowest BCUT2D eigenvalue weighted by Crippen LogP contribution is -2.17. The molecule has 0 saturated heterocycles. The van der Waals surface area contributed by atoms with Crippen molar-refractivity contribution in [3.8, 4) is 0 Å². The van der Waals surface area contributed by atoms with Gasteiger partial charge in [0.15, 0.2) is 6.29 Å². The van der Waals surface area contributed by atoms with Crippen LogP contribution in [-0.2, 0) is 9.47 Å². The Kier molecular flexibility index (Phi) is 7.37. The van der Waals surface area contributed by atoms with Crippen molar-refractivity contribution in [3.63, 3.8) is 0 Å². The topological polar surface area (TPSA) is 50.7 Å². The van der Waals surface area contributed by atoms with Crippen LogP contribution in [0.5, 0.6) is 0 Å². The molecule has 1 atom stereocenters. The van der Waals surface area contributed by atoms with E-state index in [0.717, 1.165) is 27.7 Å². The van der Waals surface area contributed by atoms with Gasteiger partial charge in [-0.15, -0.1) is 11.8 Å². The Balaban J connectivity index is 1.85. The lowest BCUT2D eigenvalue weighted by molar-refractivity contribution is -0.128. The number of thioether (sulfide) groups is 1. The van der Waals surface area contributed by atoms with Crippen LogP contribution in [0.2, 0.25) is 5.02 Å². The van der Waals surface area contributed by atoms with Gasteiger partial charge in [-0.25, -0.2) is 0 Å². The maximum atomic E-state index is 10.3. The maximum Gasteiger partial charge on any atom is 0.182 e. The standard InChI is InChI=1S/C21H22ClNO3S2/c1-13(2)26-21(24)16-12-15(8-9-17(16)22)23-20(27)19-18(25-10-11-28-19)14-6-4-3-5-7-14/h3-9,12-13,21,24H,10-11H2,1-2H3,(H,23,27). The molecule has 2 N–H and O–H groups in total. The van der Waals surface area contributed by atoms with E-state index in [2.05, 4.69) is 5.32 Å². The van der Waals surface area contributed by atoms with Crippen LogP contribution >= 0.6 is 35.6 Å². The number of halogens is 1. The minimum atomic E-state index is -1.10. The predicted octanol–water partition coefficient (Wildman–Crippen LogP) is 5.63. The van der Waals surface area contributed by atoms with Crippen molar-refractivity contribution in [2.75, 3.05) is 17.7 Å². The van der Waals surface area contributed by atoms with E-state index < -0.39 is 6.29 Å². The van der Waals surface area contributed by atoms with Crippen LogP contribution < -0.4 is 5.32 Å². The fourth-order valence-corrected chi connectivity index (χ4v) is 4.18. The molecule has 0 bridgehead atoms. The molecule has 0 aliphatic carbocycles. The highest BCUT2D eigenvalue weighted by atomic mass is 35.5. The van der Waals surface area contributed by atoms with Crippen LogP contribution in [0.25, 0.3) is 5.76 Å². The van der Waals surface area contributed by atoms with Gasteiger partial charge in [-0.1, -0.05) is 54.2 Å². The third-order valence-corrected chi connectivity index (χ3v) is 5.77. The SMILES string of the molecule is CC(C)OC(O)c1cc(NC(=S)C2=C(c3ccccc3)OCCS2)ccc1Cl. The van der Waals surface area contributed by atoms with Crippen LogP contribution in [0.15, 0.2) is 53.4 Å². The van der Waals surface area contributed by atoms with Crippen molar-refractivity contribution in [2.45, 2.75) is 26.2 Å². The lowest BCUT2D eigenvalue weighted by Gasteiger charge is -2.23. The van der Waals surface area contributed by atoms with E-state index in [9.17, 15) is 5.11 Å². The van der Waals surface area contributed by atoms with Crippen LogP contribution in [0.3, 0.4) is 0 Å². The number of aliphatic hydroxyl groups excluding tert-OH is 1. The van der Waals surface area contributed by atoms with Crippen molar-refractivity contribution >= 4 is 52.0 Å². The third kappa shape index (κ3) is 5.27. The number of ether oxygens (including phenoxy) is 2. The highest BCUT2D eigenvalue weighted by Crippen LogP contribution is 2.34. The second kappa shape index (κ2) is 9.76. The maximum absolute atomic E-state index is 10.3. The van der Waals surface area contributed by atoms with E-state index in [1.807, 2.05) is 50.2 Å². The molecule has 1 aliphatic rings. The molecular weight excluding hydrogens is 414 g/mol.